The lowest BCUT2D eigenvalue weighted by Gasteiger charge is -2.06. The molecule has 106 valence electrons. The van der Waals surface area contributed by atoms with E-state index in [1.165, 1.54) is 0 Å². The highest BCUT2D eigenvalue weighted by Crippen LogP contribution is 2.40. The van der Waals surface area contributed by atoms with E-state index in [0.29, 0.717) is 16.6 Å². The number of benzene rings is 2. The van der Waals surface area contributed by atoms with Gasteiger partial charge in [0, 0.05) is 15.1 Å². The fraction of sp³-hybridized carbons (Fsp3) is 0.0625. The molecule has 21 heavy (non-hydrogen) atoms. The lowest BCUT2D eigenvalue weighted by atomic mass is 10.00. The van der Waals surface area contributed by atoms with Crippen LogP contribution in [0.5, 0.6) is 0 Å². The van der Waals surface area contributed by atoms with E-state index in [4.69, 9.17) is 21.9 Å². The minimum Gasteiger partial charge on any atom is -0.380 e. The second-order valence-electron chi connectivity index (χ2n) is 4.77. The largest absolute Gasteiger partial charge is 0.380 e. The second-order valence-corrected chi connectivity index (χ2v) is 6.06. The van der Waals surface area contributed by atoms with Crippen LogP contribution in [0.15, 0.2) is 51.5 Å². The Morgan fingerprint density at radius 1 is 1.19 bits per heavy atom. The summed E-state index contributed by atoms with van der Waals surface area (Å²) in [6, 6.07) is 13.6. The number of nitrogen functional groups attached to an aromatic ring is 1. The SMILES string of the molecule is Cc1cccc(-c2c(N)noc2-c2ccc(Cl)cc2Br)c1. The topological polar surface area (TPSA) is 52.0 Å². The molecule has 0 unspecified atom stereocenters. The van der Waals surface area contributed by atoms with Crippen LogP contribution in [0.4, 0.5) is 5.82 Å². The van der Waals surface area contributed by atoms with Gasteiger partial charge in [-0.15, -0.1) is 0 Å². The van der Waals surface area contributed by atoms with Gasteiger partial charge in [-0.05, 0) is 46.6 Å². The van der Waals surface area contributed by atoms with Crippen molar-refractivity contribution in [2.75, 3.05) is 5.73 Å². The van der Waals surface area contributed by atoms with Gasteiger partial charge in [0.2, 0.25) is 0 Å². The maximum atomic E-state index is 5.99. The predicted octanol–water partition coefficient (Wildman–Crippen LogP) is 5.32. The summed E-state index contributed by atoms with van der Waals surface area (Å²) in [5, 5.41) is 4.56. The Labute approximate surface area is 135 Å². The van der Waals surface area contributed by atoms with Crippen LogP contribution in [0, 0.1) is 6.92 Å². The molecule has 3 aromatic rings. The van der Waals surface area contributed by atoms with Gasteiger partial charge in [0.25, 0.3) is 0 Å². The van der Waals surface area contributed by atoms with Crippen LogP contribution in [0.2, 0.25) is 5.02 Å². The number of aryl methyl sites for hydroxylation is 1. The zero-order valence-electron chi connectivity index (χ0n) is 11.2. The van der Waals surface area contributed by atoms with Crippen molar-refractivity contribution in [2.24, 2.45) is 0 Å². The Hall–Kier alpha value is -1.78. The van der Waals surface area contributed by atoms with Crippen LogP contribution < -0.4 is 5.73 Å². The summed E-state index contributed by atoms with van der Waals surface area (Å²) < 4.78 is 6.28. The summed E-state index contributed by atoms with van der Waals surface area (Å²) in [4.78, 5) is 0. The molecule has 0 saturated carbocycles. The Bertz CT molecular complexity index is 814. The van der Waals surface area contributed by atoms with E-state index in [0.717, 1.165) is 26.7 Å². The predicted molar refractivity (Wildman–Crippen MR) is 89.2 cm³/mol. The fourth-order valence-corrected chi connectivity index (χ4v) is 3.10. The summed E-state index contributed by atoms with van der Waals surface area (Å²) >= 11 is 9.49. The normalized spacial score (nSPS) is 10.8. The average molecular weight is 364 g/mol. The van der Waals surface area contributed by atoms with Crippen molar-refractivity contribution in [2.45, 2.75) is 6.92 Å². The zero-order valence-corrected chi connectivity index (χ0v) is 13.6. The monoisotopic (exact) mass is 362 g/mol. The molecule has 0 aliphatic heterocycles. The lowest BCUT2D eigenvalue weighted by molar-refractivity contribution is 0.436. The first-order valence-electron chi connectivity index (χ1n) is 6.34. The number of nitrogens with zero attached hydrogens (tertiary/aromatic N) is 1. The molecular weight excluding hydrogens is 352 g/mol. The third-order valence-electron chi connectivity index (χ3n) is 3.20. The summed E-state index contributed by atoms with van der Waals surface area (Å²) in [7, 11) is 0. The van der Waals surface area contributed by atoms with Gasteiger partial charge < -0.3 is 10.3 Å². The van der Waals surface area contributed by atoms with Gasteiger partial charge in [0.05, 0.1) is 5.56 Å². The van der Waals surface area contributed by atoms with Crippen LogP contribution in [0.1, 0.15) is 5.56 Å². The smallest absolute Gasteiger partial charge is 0.178 e. The van der Waals surface area contributed by atoms with E-state index < -0.39 is 0 Å². The van der Waals surface area contributed by atoms with E-state index in [2.05, 4.69) is 27.2 Å². The van der Waals surface area contributed by atoms with Crippen molar-refractivity contribution in [1.82, 2.24) is 5.16 Å². The minimum atomic E-state index is 0.373. The van der Waals surface area contributed by atoms with Crippen molar-refractivity contribution in [1.29, 1.82) is 0 Å². The third kappa shape index (κ3) is 2.69. The van der Waals surface area contributed by atoms with E-state index in [1.807, 2.05) is 37.3 Å². The molecule has 0 saturated heterocycles. The molecule has 2 N–H and O–H groups in total. The van der Waals surface area contributed by atoms with Crippen LogP contribution in [-0.2, 0) is 0 Å². The van der Waals surface area contributed by atoms with Crippen LogP contribution in [0.25, 0.3) is 22.5 Å². The van der Waals surface area contributed by atoms with Crippen molar-refractivity contribution in [3.8, 4) is 22.5 Å². The lowest BCUT2D eigenvalue weighted by Crippen LogP contribution is -1.89. The molecule has 3 rings (SSSR count). The second kappa shape index (κ2) is 5.54. The average Bonchev–Trinajstić information content (AvgIpc) is 2.80. The molecule has 0 spiro atoms. The standard InChI is InChI=1S/C16H12BrClN2O/c1-9-3-2-4-10(7-9)14-15(21-20-16(14)19)12-6-5-11(18)8-13(12)17/h2-8H,1H3,(H2,19,20). The molecule has 0 aliphatic carbocycles. The van der Waals surface area contributed by atoms with Gasteiger partial charge in [-0.1, -0.05) is 46.6 Å². The molecule has 0 fully saturated rings. The van der Waals surface area contributed by atoms with Gasteiger partial charge in [0.15, 0.2) is 11.6 Å². The Morgan fingerprint density at radius 2 is 2.00 bits per heavy atom. The molecule has 3 nitrogen and oxygen atoms in total. The Kier molecular flexibility index (Phi) is 3.74. The number of nitrogens with two attached hydrogens (primary N) is 1. The first-order valence-corrected chi connectivity index (χ1v) is 7.51. The van der Waals surface area contributed by atoms with Crippen LogP contribution in [0.3, 0.4) is 0 Å². The first kappa shape index (κ1) is 14.2. The van der Waals surface area contributed by atoms with Crippen LogP contribution in [-0.4, -0.2) is 5.16 Å². The molecule has 1 heterocycles. The van der Waals surface area contributed by atoms with Crippen molar-refractivity contribution in [3.63, 3.8) is 0 Å². The first-order chi connectivity index (χ1) is 10.1. The Balaban J connectivity index is 2.22. The summed E-state index contributed by atoms with van der Waals surface area (Å²) in [5.41, 5.74) is 9.77. The number of halogens is 2. The molecule has 2 aromatic carbocycles. The van der Waals surface area contributed by atoms with E-state index >= 15 is 0 Å². The Morgan fingerprint density at radius 3 is 2.71 bits per heavy atom. The molecule has 0 atom stereocenters. The number of hydrogen-bond donors (Lipinski definition) is 1. The van der Waals surface area contributed by atoms with Gasteiger partial charge in [-0.3, -0.25) is 0 Å². The van der Waals surface area contributed by atoms with Gasteiger partial charge in [0.1, 0.15) is 0 Å². The third-order valence-corrected chi connectivity index (χ3v) is 4.09. The molecular formula is C16H12BrClN2O. The molecule has 1 aromatic heterocycles. The van der Waals surface area contributed by atoms with Crippen LogP contribution >= 0.6 is 27.5 Å². The maximum absolute atomic E-state index is 5.99. The van der Waals surface area contributed by atoms with E-state index in [-0.39, 0.29) is 0 Å². The fourth-order valence-electron chi connectivity index (χ4n) is 2.24. The van der Waals surface area contributed by atoms with E-state index in [9.17, 15) is 0 Å². The quantitative estimate of drug-likeness (QED) is 0.671. The summed E-state index contributed by atoms with van der Waals surface area (Å²) in [6.45, 7) is 2.03. The highest BCUT2D eigenvalue weighted by atomic mass is 79.9. The number of anilines is 1. The highest BCUT2D eigenvalue weighted by molar-refractivity contribution is 9.10. The van der Waals surface area contributed by atoms with Crippen molar-refractivity contribution >= 4 is 33.3 Å². The molecule has 0 aliphatic rings. The van der Waals surface area contributed by atoms with E-state index in [1.54, 1.807) is 6.07 Å². The number of hydrogen-bond acceptors (Lipinski definition) is 3. The van der Waals surface area contributed by atoms with Gasteiger partial charge in [-0.25, -0.2) is 0 Å². The van der Waals surface area contributed by atoms with Crippen molar-refractivity contribution < 1.29 is 4.52 Å². The molecule has 0 bridgehead atoms. The summed E-state index contributed by atoms with van der Waals surface area (Å²) in [6.07, 6.45) is 0. The maximum Gasteiger partial charge on any atom is 0.178 e. The van der Waals surface area contributed by atoms with Crippen molar-refractivity contribution in [3.05, 3.63) is 57.5 Å². The number of rotatable bonds is 2. The highest BCUT2D eigenvalue weighted by Gasteiger charge is 2.19. The molecule has 5 heteroatoms. The summed E-state index contributed by atoms with van der Waals surface area (Å²) in [5.74, 6) is 0.999. The van der Waals surface area contributed by atoms with Gasteiger partial charge >= 0.3 is 0 Å². The molecule has 0 amide bonds. The number of aromatic nitrogens is 1. The van der Waals surface area contributed by atoms with Gasteiger partial charge in [-0.2, -0.15) is 0 Å². The zero-order chi connectivity index (χ0) is 15.0. The molecule has 0 radical (unpaired) electrons. The minimum absolute atomic E-state index is 0.373.